The molecule has 2 fully saturated rings. The van der Waals surface area contributed by atoms with Crippen LogP contribution in [-0.4, -0.2) is 63.7 Å². The van der Waals surface area contributed by atoms with Crippen molar-refractivity contribution in [3.8, 4) is 0 Å². The van der Waals surface area contributed by atoms with Gasteiger partial charge in [0, 0.05) is 31.5 Å². The molecular formula is C19H26F3N7O2S. The molecule has 0 spiro atoms. The molecule has 9 nitrogen and oxygen atoms in total. The number of anilines is 1. The Balaban J connectivity index is 1.40. The van der Waals surface area contributed by atoms with Gasteiger partial charge in [-0.25, -0.2) is 4.98 Å². The summed E-state index contributed by atoms with van der Waals surface area (Å²) < 4.78 is 70.8. The van der Waals surface area contributed by atoms with Crippen LogP contribution in [0.1, 0.15) is 56.5 Å². The van der Waals surface area contributed by atoms with Gasteiger partial charge >= 0.3 is 6.18 Å². The van der Waals surface area contributed by atoms with Crippen molar-refractivity contribution in [3.05, 3.63) is 17.7 Å². The van der Waals surface area contributed by atoms with E-state index in [1.54, 1.807) is 6.20 Å². The second kappa shape index (κ2) is 7.80. The first kappa shape index (κ1) is 21.8. The molecule has 5 rings (SSSR count). The molecule has 13 heteroatoms. The molecule has 1 saturated carbocycles. The van der Waals surface area contributed by atoms with Gasteiger partial charge in [0.2, 0.25) is 0 Å². The minimum Gasteiger partial charge on any atom is -0.368 e. The molecule has 1 aliphatic carbocycles. The summed E-state index contributed by atoms with van der Waals surface area (Å²) >= 11 is 0. The minimum atomic E-state index is -4.57. The van der Waals surface area contributed by atoms with Gasteiger partial charge in [-0.1, -0.05) is 13.3 Å². The number of rotatable bonds is 5. The van der Waals surface area contributed by atoms with Gasteiger partial charge in [0.25, 0.3) is 10.2 Å². The Kier molecular flexibility index (Phi) is 5.32. The number of nitrogens with one attached hydrogen (secondary N) is 2. The molecule has 32 heavy (non-hydrogen) atoms. The van der Waals surface area contributed by atoms with Crippen LogP contribution in [-0.2, 0) is 16.6 Å². The Bertz CT molecular complexity index is 1120. The summed E-state index contributed by atoms with van der Waals surface area (Å²) in [5.74, 6) is 1.66. The molecular weight excluding hydrogens is 447 g/mol. The SMILES string of the molecule is CCC1C[C@H](NS(=O)(=O)N2CCC[C@H]2C(F)(F)F)C[C@@H]1c1nnc2cnc3c(n12)CCN3. The molecule has 4 heterocycles. The van der Waals surface area contributed by atoms with E-state index in [0.29, 0.717) is 22.8 Å². The zero-order valence-corrected chi connectivity index (χ0v) is 18.5. The number of halogens is 3. The van der Waals surface area contributed by atoms with Crippen LogP contribution in [0.3, 0.4) is 0 Å². The maximum Gasteiger partial charge on any atom is 0.405 e. The van der Waals surface area contributed by atoms with Crippen molar-refractivity contribution in [1.29, 1.82) is 0 Å². The van der Waals surface area contributed by atoms with Crippen molar-refractivity contribution in [2.45, 2.75) is 69.6 Å². The van der Waals surface area contributed by atoms with Crippen molar-refractivity contribution in [1.82, 2.24) is 28.6 Å². The fourth-order valence-electron chi connectivity index (χ4n) is 5.51. The van der Waals surface area contributed by atoms with Gasteiger partial charge in [-0.2, -0.15) is 30.6 Å². The molecule has 0 bridgehead atoms. The normalized spacial score (nSPS) is 29.0. The van der Waals surface area contributed by atoms with Gasteiger partial charge in [0.05, 0.1) is 11.9 Å². The molecule has 0 radical (unpaired) electrons. The van der Waals surface area contributed by atoms with E-state index in [9.17, 15) is 21.6 Å². The lowest BCUT2D eigenvalue weighted by atomic mass is 9.93. The first-order valence-electron chi connectivity index (χ1n) is 11.0. The molecule has 0 amide bonds. The summed E-state index contributed by atoms with van der Waals surface area (Å²) in [7, 11) is -4.25. The van der Waals surface area contributed by atoms with Gasteiger partial charge in [-0.15, -0.1) is 10.2 Å². The van der Waals surface area contributed by atoms with Crippen LogP contribution in [0.4, 0.5) is 19.0 Å². The molecule has 1 saturated heterocycles. The van der Waals surface area contributed by atoms with Crippen LogP contribution in [0.2, 0.25) is 0 Å². The molecule has 2 aliphatic heterocycles. The van der Waals surface area contributed by atoms with Crippen LogP contribution in [0.15, 0.2) is 6.20 Å². The van der Waals surface area contributed by atoms with Crippen molar-refractivity contribution in [2.75, 3.05) is 18.4 Å². The predicted molar refractivity (Wildman–Crippen MR) is 110 cm³/mol. The first-order valence-corrected chi connectivity index (χ1v) is 12.5. The summed E-state index contributed by atoms with van der Waals surface area (Å²) in [6.07, 6.45) is -0.301. The summed E-state index contributed by atoms with van der Waals surface area (Å²) in [5.41, 5.74) is 1.65. The zero-order chi connectivity index (χ0) is 22.7. The third kappa shape index (κ3) is 3.63. The van der Waals surface area contributed by atoms with E-state index in [4.69, 9.17) is 0 Å². The van der Waals surface area contributed by atoms with Gasteiger partial charge in [0.1, 0.15) is 17.7 Å². The first-order chi connectivity index (χ1) is 15.2. The standard InChI is InChI=1S/C19H26F3N7O2S/c1-2-11-8-12(27-32(30,31)28-7-3-4-15(28)19(20,21)22)9-13(11)18-26-25-16-10-24-17-14(29(16)18)5-6-23-17/h10-13,15,23,27H,2-9H2,1H3/t11?,12-,13-,15-/m0/s1. The Labute approximate surface area is 184 Å². The Hall–Kier alpha value is -1.99. The highest BCUT2D eigenvalue weighted by atomic mass is 32.2. The summed E-state index contributed by atoms with van der Waals surface area (Å²) in [6.45, 7) is 2.69. The van der Waals surface area contributed by atoms with Crippen molar-refractivity contribution in [3.63, 3.8) is 0 Å². The maximum atomic E-state index is 13.3. The lowest BCUT2D eigenvalue weighted by molar-refractivity contribution is -0.165. The third-order valence-corrected chi connectivity index (χ3v) is 8.66. The molecule has 176 valence electrons. The molecule has 2 aromatic heterocycles. The monoisotopic (exact) mass is 473 g/mol. The highest BCUT2D eigenvalue weighted by Gasteiger charge is 2.51. The zero-order valence-electron chi connectivity index (χ0n) is 17.6. The number of nitrogens with zero attached hydrogens (tertiary/aromatic N) is 5. The Morgan fingerprint density at radius 1 is 1.28 bits per heavy atom. The smallest absolute Gasteiger partial charge is 0.368 e. The fourth-order valence-corrected chi connectivity index (χ4v) is 7.19. The van der Waals surface area contributed by atoms with Gasteiger partial charge < -0.3 is 5.32 Å². The molecule has 1 unspecified atom stereocenters. The Morgan fingerprint density at radius 2 is 2.09 bits per heavy atom. The van der Waals surface area contributed by atoms with E-state index in [1.165, 1.54) is 0 Å². The highest BCUT2D eigenvalue weighted by Crippen LogP contribution is 2.42. The van der Waals surface area contributed by atoms with E-state index >= 15 is 0 Å². The van der Waals surface area contributed by atoms with Crippen LogP contribution in [0.25, 0.3) is 5.65 Å². The fraction of sp³-hybridized carbons (Fsp3) is 0.737. The highest BCUT2D eigenvalue weighted by molar-refractivity contribution is 7.87. The maximum absolute atomic E-state index is 13.3. The molecule has 3 aliphatic rings. The van der Waals surface area contributed by atoms with Crippen molar-refractivity contribution >= 4 is 21.7 Å². The second-order valence-electron chi connectivity index (χ2n) is 8.86. The average molecular weight is 474 g/mol. The van der Waals surface area contributed by atoms with Crippen molar-refractivity contribution < 1.29 is 21.6 Å². The van der Waals surface area contributed by atoms with Crippen LogP contribution in [0.5, 0.6) is 0 Å². The van der Waals surface area contributed by atoms with Crippen LogP contribution in [0, 0.1) is 5.92 Å². The Morgan fingerprint density at radius 3 is 2.84 bits per heavy atom. The van der Waals surface area contributed by atoms with Gasteiger partial charge in [-0.3, -0.25) is 4.40 Å². The number of hydrogen-bond donors (Lipinski definition) is 2. The quantitative estimate of drug-likeness (QED) is 0.690. The third-order valence-electron chi connectivity index (χ3n) is 6.98. The number of aromatic nitrogens is 4. The summed E-state index contributed by atoms with van der Waals surface area (Å²) in [4.78, 5) is 4.38. The average Bonchev–Trinajstić information content (AvgIpc) is 3.49. The lowest BCUT2D eigenvalue weighted by Crippen LogP contribution is -2.51. The van der Waals surface area contributed by atoms with Crippen LogP contribution >= 0.6 is 0 Å². The number of alkyl halides is 3. The van der Waals surface area contributed by atoms with Crippen molar-refractivity contribution in [2.24, 2.45) is 5.92 Å². The second-order valence-corrected chi connectivity index (χ2v) is 10.5. The van der Waals surface area contributed by atoms with E-state index < -0.39 is 28.5 Å². The number of hydrogen-bond acceptors (Lipinski definition) is 6. The molecule has 0 aromatic carbocycles. The minimum absolute atomic E-state index is 0.0493. The molecule has 4 atom stereocenters. The van der Waals surface area contributed by atoms with E-state index in [-0.39, 0.29) is 31.2 Å². The van der Waals surface area contributed by atoms with E-state index in [1.807, 2.05) is 11.3 Å². The van der Waals surface area contributed by atoms with E-state index in [2.05, 4.69) is 25.2 Å². The molecule has 2 N–H and O–H groups in total. The summed E-state index contributed by atoms with van der Waals surface area (Å²) in [6, 6.07) is -2.41. The van der Waals surface area contributed by atoms with Gasteiger partial charge in [0.15, 0.2) is 5.65 Å². The van der Waals surface area contributed by atoms with E-state index in [0.717, 1.165) is 36.7 Å². The van der Waals surface area contributed by atoms with Crippen LogP contribution < -0.4 is 10.0 Å². The summed E-state index contributed by atoms with van der Waals surface area (Å²) in [5, 5.41) is 11.9. The predicted octanol–water partition coefficient (Wildman–Crippen LogP) is 2.23. The number of fused-ring (bicyclic) bond motifs is 3. The largest absolute Gasteiger partial charge is 0.405 e. The topological polar surface area (TPSA) is 105 Å². The molecule has 2 aromatic rings. The lowest BCUT2D eigenvalue weighted by Gasteiger charge is -2.27. The van der Waals surface area contributed by atoms with Gasteiger partial charge in [-0.05, 0) is 31.6 Å².